The molecule has 0 amide bonds. The minimum atomic E-state index is 0.613. The highest BCUT2D eigenvalue weighted by Crippen LogP contribution is 2.15. The molecule has 1 unspecified atom stereocenters. The maximum Gasteiger partial charge on any atom is 0.187 e. The van der Waals surface area contributed by atoms with Gasteiger partial charge in [-0.2, -0.15) is 12.6 Å². The predicted octanol–water partition coefficient (Wildman–Crippen LogP) is 2.13. The van der Waals surface area contributed by atoms with Gasteiger partial charge in [0.05, 0.1) is 0 Å². The van der Waals surface area contributed by atoms with Crippen molar-refractivity contribution < 1.29 is 0 Å². The van der Waals surface area contributed by atoms with Crippen molar-refractivity contribution in [2.75, 3.05) is 11.5 Å². The number of hydrogen-bond donors (Lipinski definition) is 1. The van der Waals surface area contributed by atoms with Gasteiger partial charge in [-0.15, -0.1) is 0 Å². The maximum atomic E-state index is 4.21. The Balaban J connectivity index is 2.33. The predicted molar refractivity (Wildman–Crippen MR) is 55.8 cm³/mol. The maximum absolute atomic E-state index is 4.21. The van der Waals surface area contributed by atoms with Gasteiger partial charge < -0.3 is 0 Å². The van der Waals surface area contributed by atoms with Gasteiger partial charge in [0.2, 0.25) is 0 Å². The Labute approximate surface area is 82.6 Å². The zero-order chi connectivity index (χ0) is 8.81. The highest BCUT2D eigenvalue weighted by atomic mass is 32.2. The number of thiol groups is 1. The third-order valence-electron chi connectivity index (χ3n) is 1.35. The van der Waals surface area contributed by atoms with E-state index >= 15 is 0 Å². The Morgan fingerprint density at radius 2 is 2.17 bits per heavy atom. The molecule has 1 rings (SSSR count). The molecule has 0 bridgehead atoms. The lowest BCUT2D eigenvalue weighted by Crippen LogP contribution is -1.99. The molecule has 66 valence electrons. The fourth-order valence-corrected chi connectivity index (χ4v) is 1.76. The summed E-state index contributed by atoms with van der Waals surface area (Å²) in [7, 11) is 0. The lowest BCUT2D eigenvalue weighted by atomic mass is 10.3. The molecular formula is C8H12N2S2. The zero-order valence-corrected chi connectivity index (χ0v) is 8.68. The first-order valence-electron chi connectivity index (χ1n) is 3.83. The number of nitrogens with zero attached hydrogens (tertiary/aromatic N) is 2. The van der Waals surface area contributed by atoms with E-state index in [9.17, 15) is 0 Å². The second kappa shape index (κ2) is 5.43. The molecule has 0 fully saturated rings. The summed E-state index contributed by atoms with van der Waals surface area (Å²) in [6, 6.07) is 1.83. The number of thioether (sulfide) groups is 1. The van der Waals surface area contributed by atoms with Gasteiger partial charge in [0, 0.05) is 18.1 Å². The van der Waals surface area contributed by atoms with Crippen LogP contribution in [0.3, 0.4) is 0 Å². The molecule has 0 aliphatic rings. The number of aromatic nitrogens is 2. The van der Waals surface area contributed by atoms with Crippen molar-refractivity contribution in [1.82, 2.24) is 9.97 Å². The van der Waals surface area contributed by atoms with E-state index < -0.39 is 0 Å². The van der Waals surface area contributed by atoms with Gasteiger partial charge in [0.1, 0.15) is 0 Å². The summed E-state index contributed by atoms with van der Waals surface area (Å²) in [6.45, 7) is 2.17. The van der Waals surface area contributed by atoms with E-state index in [-0.39, 0.29) is 0 Å². The summed E-state index contributed by atoms with van der Waals surface area (Å²) < 4.78 is 0. The first kappa shape index (κ1) is 9.86. The van der Waals surface area contributed by atoms with Gasteiger partial charge in [-0.3, -0.25) is 0 Å². The van der Waals surface area contributed by atoms with Crippen LogP contribution in [0.1, 0.15) is 6.92 Å². The standard InChI is InChI=1S/C8H12N2S2/c1-7(5-11)6-12-8-9-3-2-4-10-8/h2-4,7,11H,5-6H2,1H3. The van der Waals surface area contributed by atoms with Crippen molar-refractivity contribution in [2.24, 2.45) is 5.92 Å². The lowest BCUT2D eigenvalue weighted by molar-refractivity contribution is 0.764. The second-order valence-electron chi connectivity index (χ2n) is 2.63. The van der Waals surface area contributed by atoms with Crippen molar-refractivity contribution in [3.05, 3.63) is 18.5 Å². The molecule has 0 saturated carbocycles. The van der Waals surface area contributed by atoms with Crippen molar-refractivity contribution in [3.63, 3.8) is 0 Å². The quantitative estimate of drug-likeness (QED) is 0.458. The Morgan fingerprint density at radius 3 is 2.75 bits per heavy atom. The van der Waals surface area contributed by atoms with Gasteiger partial charge in [0.25, 0.3) is 0 Å². The van der Waals surface area contributed by atoms with Crippen molar-refractivity contribution in [1.29, 1.82) is 0 Å². The summed E-state index contributed by atoms with van der Waals surface area (Å²) in [5.41, 5.74) is 0. The third-order valence-corrected chi connectivity index (χ3v) is 3.18. The molecular weight excluding hydrogens is 188 g/mol. The molecule has 0 radical (unpaired) electrons. The van der Waals surface area contributed by atoms with Crippen LogP contribution < -0.4 is 0 Å². The van der Waals surface area contributed by atoms with Gasteiger partial charge >= 0.3 is 0 Å². The Bertz CT molecular complexity index is 216. The van der Waals surface area contributed by atoms with E-state index in [0.717, 1.165) is 16.7 Å². The summed E-state index contributed by atoms with van der Waals surface area (Å²) in [5, 5.41) is 0.853. The second-order valence-corrected chi connectivity index (χ2v) is 3.98. The average Bonchev–Trinajstić information content (AvgIpc) is 2.16. The normalized spacial score (nSPS) is 12.8. The first-order valence-corrected chi connectivity index (χ1v) is 5.45. The van der Waals surface area contributed by atoms with E-state index in [0.29, 0.717) is 5.92 Å². The summed E-state index contributed by atoms with van der Waals surface area (Å²) in [5.74, 6) is 2.56. The molecule has 0 aliphatic heterocycles. The van der Waals surface area contributed by atoms with Crippen molar-refractivity contribution in [3.8, 4) is 0 Å². The minimum absolute atomic E-state index is 0.613. The Kier molecular flexibility index (Phi) is 4.46. The van der Waals surface area contributed by atoms with Crippen LogP contribution >= 0.6 is 24.4 Å². The van der Waals surface area contributed by atoms with Crippen molar-refractivity contribution >= 4 is 24.4 Å². The monoisotopic (exact) mass is 200 g/mol. The van der Waals surface area contributed by atoms with E-state index in [2.05, 4.69) is 29.5 Å². The minimum Gasteiger partial charge on any atom is -0.231 e. The Hall–Kier alpha value is -0.220. The van der Waals surface area contributed by atoms with Gasteiger partial charge in [-0.1, -0.05) is 18.7 Å². The molecule has 1 aromatic heterocycles. The molecule has 1 atom stereocenters. The van der Waals surface area contributed by atoms with Crippen LogP contribution in [-0.4, -0.2) is 21.5 Å². The van der Waals surface area contributed by atoms with Crippen LogP contribution in [0.15, 0.2) is 23.6 Å². The SMILES string of the molecule is CC(CS)CSc1ncccn1. The topological polar surface area (TPSA) is 25.8 Å². The smallest absolute Gasteiger partial charge is 0.187 e. The van der Waals surface area contributed by atoms with Crippen LogP contribution in [0.25, 0.3) is 0 Å². The molecule has 1 aromatic rings. The fourth-order valence-electron chi connectivity index (χ4n) is 0.629. The van der Waals surface area contributed by atoms with Crippen LogP contribution in [0.4, 0.5) is 0 Å². The van der Waals surface area contributed by atoms with Crippen LogP contribution in [0.5, 0.6) is 0 Å². The molecule has 0 spiro atoms. The largest absolute Gasteiger partial charge is 0.231 e. The zero-order valence-electron chi connectivity index (χ0n) is 6.97. The number of hydrogen-bond acceptors (Lipinski definition) is 4. The molecule has 0 aromatic carbocycles. The van der Waals surface area contributed by atoms with Gasteiger partial charge in [-0.25, -0.2) is 9.97 Å². The van der Waals surface area contributed by atoms with Crippen LogP contribution in [-0.2, 0) is 0 Å². The third kappa shape index (κ3) is 3.45. The first-order chi connectivity index (χ1) is 5.83. The molecule has 0 saturated heterocycles. The van der Waals surface area contributed by atoms with E-state index in [1.165, 1.54) is 0 Å². The van der Waals surface area contributed by atoms with Crippen LogP contribution in [0.2, 0.25) is 0 Å². The van der Waals surface area contributed by atoms with Gasteiger partial charge in [0.15, 0.2) is 5.16 Å². The summed E-state index contributed by atoms with van der Waals surface area (Å²) >= 11 is 5.89. The van der Waals surface area contributed by atoms with E-state index in [1.807, 2.05) is 6.07 Å². The molecule has 4 heteroatoms. The summed E-state index contributed by atoms with van der Waals surface area (Å²) in [6.07, 6.45) is 3.53. The fraction of sp³-hybridized carbons (Fsp3) is 0.500. The molecule has 12 heavy (non-hydrogen) atoms. The summed E-state index contributed by atoms with van der Waals surface area (Å²) in [4.78, 5) is 8.22. The lowest BCUT2D eigenvalue weighted by Gasteiger charge is -2.04. The molecule has 2 nitrogen and oxygen atoms in total. The highest BCUT2D eigenvalue weighted by molar-refractivity contribution is 7.99. The molecule has 0 aliphatic carbocycles. The van der Waals surface area contributed by atoms with Crippen molar-refractivity contribution in [2.45, 2.75) is 12.1 Å². The average molecular weight is 200 g/mol. The highest BCUT2D eigenvalue weighted by Gasteiger charge is 2.01. The Morgan fingerprint density at radius 1 is 1.50 bits per heavy atom. The van der Waals surface area contributed by atoms with Crippen LogP contribution in [0, 0.1) is 5.92 Å². The molecule has 0 N–H and O–H groups in total. The van der Waals surface area contributed by atoms with E-state index in [1.54, 1.807) is 24.2 Å². The van der Waals surface area contributed by atoms with E-state index in [4.69, 9.17) is 0 Å². The van der Waals surface area contributed by atoms with Gasteiger partial charge in [-0.05, 0) is 17.7 Å². The molecule has 1 heterocycles. The number of rotatable bonds is 4.